The second-order valence-electron chi connectivity index (χ2n) is 9.04. The van der Waals surface area contributed by atoms with Crippen molar-refractivity contribution < 1.29 is 9.53 Å². The van der Waals surface area contributed by atoms with E-state index in [1.54, 1.807) is 24.4 Å². The zero-order valence-corrected chi connectivity index (χ0v) is 25.9. The average Bonchev–Trinajstić information content (AvgIpc) is 3.35. The lowest BCUT2D eigenvalue weighted by molar-refractivity contribution is 0.0955. The first kappa shape index (κ1) is 28.1. The van der Waals surface area contributed by atoms with E-state index in [2.05, 4.69) is 84.8 Å². The maximum Gasteiger partial charge on any atom is 0.271 e. The average molecular weight is 725 g/mol. The number of carbonyl (C=O) groups is 1. The minimum absolute atomic E-state index is 0.307. The molecule has 0 bridgehead atoms. The molecule has 4 aromatic carbocycles. The molecule has 5 nitrogen and oxygen atoms in total. The molecule has 0 atom stereocenters. The number of hydrazone groups is 1. The van der Waals surface area contributed by atoms with Crippen LogP contribution in [0.25, 0.3) is 16.9 Å². The molecule has 40 heavy (non-hydrogen) atoms. The van der Waals surface area contributed by atoms with Gasteiger partial charge in [-0.15, -0.1) is 0 Å². The molecule has 0 saturated heterocycles. The third-order valence-electron chi connectivity index (χ3n) is 6.23. The molecule has 0 spiro atoms. The Morgan fingerprint density at radius 3 is 2.42 bits per heavy atom. The molecule has 1 heterocycles. The fourth-order valence-electron chi connectivity index (χ4n) is 4.24. The molecule has 8 heteroatoms. The van der Waals surface area contributed by atoms with Gasteiger partial charge in [0.05, 0.1) is 21.4 Å². The molecular formula is C32H24BrClIN3O2. The summed E-state index contributed by atoms with van der Waals surface area (Å²) in [6.45, 7) is 2.46. The van der Waals surface area contributed by atoms with E-state index >= 15 is 0 Å². The van der Waals surface area contributed by atoms with E-state index in [9.17, 15) is 4.79 Å². The van der Waals surface area contributed by atoms with Crippen LogP contribution < -0.4 is 10.2 Å². The van der Waals surface area contributed by atoms with Gasteiger partial charge in [-0.05, 0) is 123 Å². The smallest absolute Gasteiger partial charge is 0.271 e. The van der Waals surface area contributed by atoms with Crippen LogP contribution in [0.1, 0.15) is 27.2 Å². The normalized spacial score (nSPS) is 11.1. The first-order valence-electron chi connectivity index (χ1n) is 12.4. The first-order chi connectivity index (χ1) is 19.4. The number of nitrogens with one attached hydrogen (secondary N) is 1. The number of aryl methyl sites for hydroxylation is 1. The SMILES string of the molecule is Cc1ccc(-c2ccccc2)n1-c1ccc(C(=O)N/N=C/c2cc(Cl)c(OCc3ccc(I)cc3)c(Br)c2)cc1. The maximum atomic E-state index is 12.7. The number of halogens is 3. The number of carbonyl (C=O) groups excluding carboxylic acids is 1. The van der Waals surface area contributed by atoms with E-state index in [1.807, 2.05) is 60.7 Å². The lowest BCUT2D eigenvalue weighted by Gasteiger charge is -2.13. The molecule has 5 rings (SSSR count). The molecule has 0 saturated carbocycles. The standard InChI is InChI=1S/C32H24BrClIN3O2/c1-21-7-16-30(24-5-3-2-4-6-24)38(21)27-14-10-25(11-15-27)32(39)37-36-19-23-17-28(33)31(29(34)18-23)40-20-22-8-12-26(35)13-9-22/h2-19H,20H2,1H3,(H,37,39)/b36-19+. The zero-order chi connectivity index (χ0) is 28.1. The maximum absolute atomic E-state index is 12.7. The van der Waals surface area contributed by atoms with Crippen molar-refractivity contribution in [2.75, 3.05) is 0 Å². The summed E-state index contributed by atoms with van der Waals surface area (Å²) >= 11 is 12.3. The number of amides is 1. The Hall–Kier alpha value is -3.40. The number of aromatic nitrogens is 1. The highest BCUT2D eigenvalue weighted by atomic mass is 127. The summed E-state index contributed by atoms with van der Waals surface area (Å²) in [6.07, 6.45) is 1.54. The van der Waals surface area contributed by atoms with Gasteiger partial charge in [-0.3, -0.25) is 4.79 Å². The number of ether oxygens (including phenoxy) is 1. The molecule has 0 radical (unpaired) electrons. The van der Waals surface area contributed by atoms with Gasteiger partial charge in [0, 0.05) is 20.5 Å². The van der Waals surface area contributed by atoms with Gasteiger partial charge < -0.3 is 9.30 Å². The van der Waals surface area contributed by atoms with Crippen molar-refractivity contribution in [1.82, 2.24) is 9.99 Å². The highest BCUT2D eigenvalue weighted by Crippen LogP contribution is 2.35. The first-order valence-corrected chi connectivity index (χ1v) is 14.7. The molecule has 200 valence electrons. The largest absolute Gasteiger partial charge is 0.486 e. The van der Waals surface area contributed by atoms with Crippen molar-refractivity contribution in [2.45, 2.75) is 13.5 Å². The van der Waals surface area contributed by atoms with Gasteiger partial charge in [-0.2, -0.15) is 5.10 Å². The van der Waals surface area contributed by atoms with Crippen LogP contribution in [0.3, 0.4) is 0 Å². The predicted octanol–water partition coefficient (Wildman–Crippen LogP) is 8.82. The van der Waals surface area contributed by atoms with E-state index < -0.39 is 0 Å². The van der Waals surface area contributed by atoms with Crippen molar-refractivity contribution in [1.29, 1.82) is 0 Å². The van der Waals surface area contributed by atoms with Gasteiger partial charge in [-0.25, -0.2) is 5.43 Å². The van der Waals surface area contributed by atoms with E-state index in [0.29, 0.717) is 33.0 Å². The molecule has 1 amide bonds. The molecule has 0 aliphatic rings. The van der Waals surface area contributed by atoms with Crippen LogP contribution in [0.4, 0.5) is 0 Å². The van der Waals surface area contributed by atoms with Crippen LogP contribution in [-0.2, 0) is 6.61 Å². The lowest BCUT2D eigenvalue weighted by Crippen LogP contribution is -2.17. The second-order valence-corrected chi connectivity index (χ2v) is 11.5. The summed E-state index contributed by atoms with van der Waals surface area (Å²) in [6, 6.07) is 33.5. The van der Waals surface area contributed by atoms with Crippen LogP contribution in [-0.4, -0.2) is 16.7 Å². The van der Waals surface area contributed by atoms with E-state index in [4.69, 9.17) is 16.3 Å². The molecule has 1 aromatic heterocycles. The Balaban J connectivity index is 1.23. The summed E-state index contributed by atoms with van der Waals surface area (Å²) in [7, 11) is 0. The third-order valence-corrected chi connectivity index (χ3v) is 7.82. The van der Waals surface area contributed by atoms with Crippen molar-refractivity contribution in [2.24, 2.45) is 5.10 Å². The number of hydrogen-bond donors (Lipinski definition) is 1. The van der Waals surface area contributed by atoms with E-state index in [-0.39, 0.29) is 5.91 Å². The quantitative estimate of drug-likeness (QED) is 0.0989. The van der Waals surface area contributed by atoms with Gasteiger partial charge in [0.2, 0.25) is 0 Å². The highest BCUT2D eigenvalue weighted by molar-refractivity contribution is 14.1. The number of benzene rings is 4. The fourth-order valence-corrected chi connectivity index (χ4v) is 5.58. The Morgan fingerprint density at radius 2 is 1.73 bits per heavy atom. The molecule has 0 aliphatic carbocycles. The van der Waals surface area contributed by atoms with Gasteiger partial charge in [0.1, 0.15) is 6.61 Å². The fraction of sp³-hybridized carbons (Fsp3) is 0.0625. The summed E-state index contributed by atoms with van der Waals surface area (Å²) in [5, 5.41) is 4.56. The monoisotopic (exact) mass is 723 g/mol. The summed E-state index contributed by atoms with van der Waals surface area (Å²) in [5.41, 5.74) is 9.16. The molecular weight excluding hydrogens is 701 g/mol. The lowest BCUT2D eigenvalue weighted by atomic mass is 10.1. The molecule has 5 aromatic rings. The van der Waals surface area contributed by atoms with Crippen LogP contribution in [0.5, 0.6) is 5.75 Å². The highest BCUT2D eigenvalue weighted by Gasteiger charge is 2.12. The molecule has 0 aliphatic heterocycles. The summed E-state index contributed by atoms with van der Waals surface area (Å²) < 4.78 is 9.96. The summed E-state index contributed by atoms with van der Waals surface area (Å²) in [4.78, 5) is 12.7. The van der Waals surface area contributed by atoms with E-state index in [0.717, 1.165) is 31.8 Å². The van der Waals surface area contributed by atoms with E-state index in [1.165, 1.54) is 0 Å². The summed E-state index contributed by atoms with van der Waals surface area (Å²) in [5.74, 6) is 0.243. The van der Waals surface area contributed by atoms with Gasteiger partial charge in [0.25, 0.3) is 5.91 Å². The van der Waals surface area contributed by atoms with Crippen LogP contribution in [0.2, 0.25) is 5.02 Å². The van der Waals surface area contributed by atoms with Crippen molar-refractivity contribution in [3.63, 3.8) is 0 Å². The number of nitrogens with zero attached hydrogens (tertiary/aromatic N) is 2. The second kappa shape index (κ2) is 12.8. The van der Waals surface area contributed by atoms with Gasteiger partial charge >= 0.3 is 0 Å². The number of hydrogen-bond acceptors (Lipinski definition) is 3. The topological polar surface area (TPSA) is 55.6 Å². The minimum atomic E-state index is -0.307. The van der Waals surface area contributed by atoms with Crippen molar-refractivity contribution in [3.8, 4) is 22.7 Å². The minimum Gasteiger partial charge on any atom is -0.486 e. The van der Waals surface area contributed by atoms with Crippen molar-refractivity contribution >= 4 is 62.2 Å². The Bertz CT molecular complexity index is 1640. The number of rotatable bonds is 8. The van der Waals surface area contributed by atoms with Gasteiger partial charge in [0.15, 0.2) is 5.75 Å². The van der Waals surface area contributed by atoms with Crippen molar-refractivity contribution in [3.05, 3.63) is 139 Å². The Kier molecular flexibility index (Phi) is 9.04. The molecule has 1 N–H and O–H groups in total. The predicted molar refractivity (Wildman–Crippen MR) is 174 cm³/mol. The van der Waals surface area contributed by atoms with Gasteiger partial charge in [-0.1, -0.05) is 54.1 Å². The molecule has 0 unspecified atom stereocenters. The van der Waals surface area contributed by atoms with Crippen LogP contribution in [0, 0.1) is 10.5 Å². The Morgan fingerprint density at radius 1 is 1.00 bits per heavy atom. The van der Waals surface area contributed by atoms with Crippen LogP contribution in [0.15, 0.2) is 113 Å². The third kappa shape index (κ3) is 6.66. The molecule has 0 fully saturated rings. The van der Waals surface area contributed by atoms with Crippen LogP contribution >= 0.6 is 50.1 Å². The Labute approximate surface area is 260 Å². The zero-order valence-electron chi connectivity index (χ0n) is 21.4.